The van der Waals surface area contributed by atoms with Gasteiger partial charge in [0.05, 0.1) is 11.5 Å². The number of sulfone groups is 1. The van der Waals surface area contributed by atoms with Crippen LogP contribution in [0.15, 0.2) is 74.6 Å². The molecular weight excluding hydrogens is 449 g/mol. The van der Waals surface area contributed by atoms with Gasteiger partial charge in [0, 0.05) is 4.47 Å². The molecule has 2 rings (SSSR count). The average Bonchev–Trinajstić information content (AvgIpc) is 2.61. The maximum Gasteiger partial charge on any atom is 0.450 e. The monoisotopic (exact) mass is 464 g/mol. The average molecular weight is 465 g/mol. The van der Waals surface area contributed by atoms with Crippen LogP contribution in [0.3, 0.4) is 0 Å². The molecule has 0 spiro atoms. The lowest BCUT2D eigenvalue weighted by molar-refractivity contribution is -0.131. The lowest BCUT2D eigenvalue weighted by atomic mass is 10.1. The van der Waals surface area contributed by atoms with Crippen LogP contribution in [0, 0.1) is 0 Å². The lowest BCUT2D eigenvalue weighted by Gasteiger charge is -2.22. The Balaban J connectivity index is 2.77. The third-order valence-electron chi connectivity index (χ3n) is 3.55. The number of aliphatic hydroxyl groups excluding tert-OH is 1. The second-order valence-electron chi connectivity index (χ2n) is 5.39. The molecule has 2 aromatic carbocycles. The summed E-state index contributed by atoms with van der Waals surface area (Å²) in [5.41, 5.74) is -0.0193. The molecule has 0 aliphatic rings. The molecule has 27 heavy (non-hydrogen) atoms. The Morgan fingerprint density at radius 2 is 1.67 bits per heavy atom. The Morgan fingerprint density at radius 1 is 1.11 bits per heavy atom. The molecule has 0 aromatic heterocycles. The van der Waals surface area contributed by atoms with Gasteiger partial charge in [-0.25, -0.2) is 8.42 Å². The van der Waals surface area contributed by atoms with Gasteiger partial charge in [0.1, 0.15) is 11.0 Å². The van der Waals surface area contributed by atoms with E-state index in [1.807, 2.05) is 0 Å². The fraction of sp³-hybridized carbons (Fsp3) is 0.222. The van der Waals surface area contributed by atoms with Crippen LogP contribution in [0.4, 0.5) is 13.2 Å². The van der Waals surface area contributed by atoms with Crippen LogP contribution in [0.5, 0.6) is 0 Å². The second-order valence-corrected chi connectivity index (χ2v) is 8.23. The molecular formula is C18H16BrF3O4S. The molecule has 0 saturated carbocycles. The number of ether oxygens (including phenoxy) is 1. The summed E-state index contributed by atoms with van der Waals surface area (Å²) >= 11 is 3.18. The van der Waals surface area contributed by atoms with Crippen molar-refractivity contribution in [2.75, 3.05) is 6.61 Å². The zero-order valence-electron chi connectivity index (χ0n) is 14.1. The SMILES string of the molecule is CCO/C(=C(\C(O)c1ccc(Br)cc1)S(=O)(=O)c1ccccc1)C(F)(F)F. The Morgan fingerprint density at radius 3 is 2.15 bits per heavy atom. The second kappa shape index (κ2) is 8.45. The van der Waals surface area contributed by atoms with Crippen molar-refractivity contribution in [3.05, 3.63) is 75.3 Å². The molecule has 2 aromatic rings. The minimum atomic E-state index is -5.11. The van der Waals surface area contributed by atoms with Crippen molar-refractivity contribution in [3.8, 4) is 0 Å². The standard InChI is InChI=1S/C18H16BrF3O4S/c1-2-26-17(18(20,21)22)16(15(23)12-8-10-13(19)11-9-12)27(24,25)14-6-4-3-5-7-14/h3-11,15,23H,2H2,1H3/b17-16+. The van der Waals surface area contributed by atoms with E-state index in [1.54, 1.807) is 0 Å². The summed E-state index contributed by atoms with van der Waals surface area (Å²) in [7, 11) is -4.69. The third kappa shape index (κ3) is 4.91. The van der Waals surface area contributed by atoms with Crippen LogP contribution < -0.4 is 0 Å². The highest BCUT2D eigenvalue weighted by Crippen LogP contribution is 2.40. The number of halogens is 4. The molecule has 0 amide bonds. The van der Waals surface area contributed by atoms with Gasteiger partial charge >= 0.3 is 6.18 Å². The molecule has 0 bridgehead atoms. The minimum Gasteiger partial charge on any atom is -0.488 e. The van der Waals surface area contributed by atoms with Crippen LogP contribution in [0.1, 0.15) is 18.6 Å². The number of allylic oxidation sites excluding steroid dienone is 1. The fourth-order valence-corrected chi connectivity index (χ4v) is 4.24. The molecule has 0 aliphatic heterocycles. The number of hydrogen-bond donors (Lipinski definition) is 1. The number of alkyl halides is 3. The predicted molar refractivity (Wildman–Crippen MR) is 97.4 cm³/mol. The summed E-state index contributed by atoms with van der Waals surface area (Å²) in [6, 6.07) is 12.2. The molecule has 1 atom stereocenters. The van der Waals surface area contributed by atoms with Crippen LogP contribution in [0.2, 0.25) is 0 Å². The number of hydrogen-bond acceptors (Lipinski definition) is 4. The van der Waals surface area contributed by atoms with Gasteiger partial charge in [-0.2, -0.15) is 13.2 Å². The smallest absolute Gasteiger partial charge is 0.450 e. The molecule has 4 nitrogen and oxygen atoms in total. The highest BCUT2D eigenvalue weighted by atomic mass is 79.9. The van der Waals surface area contributed by atoms with Crippen molar-refractivity contribution in [1.82, 2.24) is 0 Å². The topological polar surface area (TPSA) is 63.6 Å². The summed E-state index contributed by atoms with van der Waals surface area (Å²) in [5.74, 6) is -1.73. The van der Waals surface area contributed by atoms with E-state index in [-0.39, 0.29) is 10.5 Å². The highest BCUT2D eigenvalue weighted by molar-refractivity contribution is 9.10. The normalized spacial score (nSPS) is 14.4. The van der Waals surface area contributed by atoms with Crippen LogP contribution in [0.25, 0.3) is 0 Å². The largest absolute Gasteiger partial charge is 0.488 e. The Hall–Kier alpha value is -1.84. The molecule has 0 radical (unpaired) electrons. The van der Waals surface area contributed by atoms with Crippen LogP contribution in [-0.4, -0.2) is 26.3 Å². The van der Waals surface area contributed by atoms with E-state index in [9.17, 15) is 26.7 Å². The number of benzene rings is 2. The van der Waals surface area contributed by atoms with Crippen molar-refractivity contribution < 1.29 is 31.4 Å². The van der Waals surface area contributed by atoms with Crippen molar-refractivity contribution in [1.29, 1.82) is 0 Å². The summed E-state index contributed by atoms with van der Waals surface area (Å²) in [5, 5.41) is 10.6. The molecule has 1 unspecified atom stereocenters. The number of rotatable bonds is 6. The van der Waals surface area contributed by atoms with E-state index >= 15 is 0 Å². The maximum atomic E-state index is 13.6. The first-order valence-electron chi connectivity index (χ1n) is 7.77. The fourth-order valence-electron chi connectivity index (χ4n) is 2.35. The zero-order chi connectivity index (χ0) is 20.2. The van der Waals surface area contributed by atoms with Gasteiger partial charge in [0.25, 0.3) is 0 Å². The van der Waals surface area contributed by atoms with Gasteiger partial charge in [0.2, 0.25) is 15.6 Å². The van der Waals surface area contributed by atoms with Crippen molar-refractivity contribution >= 4 is 25.8 Å². The summed E-state index contributed by atoms with van der Waals surface area (Å²) in [6.45, 7) is 0.875. The molecule has 9 heteroatoms. The predicted octanol–water partition coefficient (Wildman–Crippen LogP) is 4.77. The van der Waals surface area contributed by atoms with Crippen molar-refractivity contribution in [3.63, 3.8) is 0 Å². The Bertz CT molecular complexity index is 908. The first kappa shape index (κ1) is 21.5. The van der Waals surface area contributed by atoms with Gasteiger partial charge in [0.15, 0.2) is 0 Å². The first-order chi connectivity index (χ1) is 12.6. The van der Waals surface area contributed by atoms with Crippen molar-refractivity contribution in [2.24, 2.45) is 0 Å². The van der Waals surface area contributed by atoms with E-state index in [0.717, 1.165) is 12.1 Å². The third-order valence-corrected chi connectivity index (χ3v) is 5.96. The van der Waals surface area contributed by atoms with Gasteiger partial charge in [-0.3, -0.25) is 0 Å². The molecule has 1 N–H and O–H groups in total. The minimum absolute atomic E-state index is 0.0193. The summed E-state index contributed by atoms with van der Waals surface area (Å²) in [4.78, 5) is -1.62. The Labute approximate surface area is 163 Å². The van der Waals surface area contributed by atoms with Crippen molar-refractivity contribution in [2.45, 2.75) is 24.1 Å². The zero-order valence-corrected chi connectivity index (χ0v) is 16.5. The van der Waals surface area contributed by atoms with E-state index < -0.39 is 39.4 Å². The lowest BCUT2D eigenvalue weighted by Crippen LogP contribution is -2.24. The van der Waals surface area contributed by atoms with E-state index in [0.29, 0.717) is 4.47 Å². The Kier molecular flexibility index (Phi) is 6.72. The maximum absolute atomic E-state index is 13.6. The summed E-state index contributed by atoms with van der Waals surface area (Å²) in [6.07, 6.45) is -7.17. The molecule has 0 saturated heterocycles. The van der Waals surface area contributed by atoms with E-state index in [1.165, 1.54) is 49.4 Å². The van der Waals surface area contributed by atoms with E-state index in [2.05, 4.69) is 20.7 Å². The van der Waals surface area contributed by atoms with Crippen LogP contribution in [-0.2, 0) is 14.6 Å². The quantitative estimate of drug-likeness (QED) is 0.625. The molecule has 0 heterocycles. The van der Waals surface area contributed by atoms with Gasteiger partial charge in [-0.1, -0.05) is 46.3 Å². The molecule has 146 valence electrons. The van der Waals surface area contributed by atoms with Gasteiger partial charge < -0.3 is 9.84 Å². The molecule has 0 fully saturated rings. The van der Waals surface area contributed by atoms with E-state index in [4.69, 9.17) is 0 Å². The highest BCUT2D eigenvalue weighted by Gasteiger charge is 2.45. The van der Waals surface area contributed by atoms with Gasteiger partial charge in [-0.15, -0.1) is 0 Å². The summed E-state index contributed by atoms with van der Waals surface area (Å²) < 4.78 is 71.9. The number of aliphatic hydroxyl groups is 1. The molecule has 0 aliphatic carbocycles. The first-order valence-corrected chi connectivity index (χ1v) is 10.0. The van der Waals surface area contributed by atoms with Gasteiger partial charge in [-0.05, 0) is 36.8 Å². The van der Waals surface area contributed by atoms with Crippen LogP contribution >= 0.6 is 15.9 Å².